The molecule has 0 heterocycles. The summed E-state index contributed by atoms with van der Waals surface area (Å²) in [5.41, 5.74) is 5.37. The van der Waals surface area contributed by atoms with Gasteiger partial charge in [-0.05, 0) is 25.0 Å². The maximum Gasteiger partial charge on any atom is 0.254 e. The van der Waals surface area contributed by atoms with E-state index in [1.54, 1.807) is 0 Å². The lowest BCUT2D eigenvalue weighted by molar-refractivity contribution is -0.122. The Labute approximate surface area is 129 Å². The first-order valence-electron chi connectivity index (χ1n) is 7.46. The van der Waals surface area contributed by atoms with Crippen LogP contribution in [0, 0.1) is 11.7 Å². The van der Waals surface area contributed by atoms with E-state index in [4.69, 9.17) is 10.5 Å². The number of carbonyl (C=O) groups excluding carboxylic acids is 2. The standard InChI is InChI=1S/C16H21FN2O3/c1-22-10-7-8-11(13(17)9-10)16(21)19-14-6-4-2-3-5-12(14)15(18)20/h7-9,12,14H,2-6H2,1H3,(H2,18,20)(H,19,21). The van der Waals surface area contributed by atoms with Gasteiger partial charge >= 0.3 is 0 Å². The second-order valence-electron chi connectivity index (χ2n) is 5.57. The number of nitrogens with two attached hydrogens (primary N) is 1. The predicted octanol–water partition coefficient (Wildman–Crippen LogP) is 2.00. The number of halogens is 1. The molecule has 2 atom stereocenters. The van der Waals surface area contributed by atoms with E-state index in [0.29, 0.717) is 18.6 Å². The van der Waals surface area contributed by atoms with E-state index in [9.17, 15) is 14.0 Å². The molecule has 2 amide bonds. The number of methoxy groups -OCH3 is 1. The molecule has 0 aliphatic heterocycles. The van der Waals surface area contributed by atoms with Gasteiger partial charge in [0.15, 0.2) is 0 Å². The molecular formula is C16H21FN2O3. The highest BCUT2D eigenvalue weighted by Crippen LogP contribution is 2.24. The molecule has 1 aromatic rings. The average molecular weight is 308 g/mol. The molecule has 1 saturated carbocycles. The van der Waals surface area contributed by atoms with Crippen molar-refractivity contribution in [3.05, 3.63) is 29.6 Å². The molecule has 0 radical (unpaired) electrons. The number of benzene rings is 1. The molecule has 1 fully saturated rings. The molecule has 2 unspecified atom stereocenters. The molecule has 0 bridgehead atoms. The van der Waals surface area contributed by atoms with Gasteiger partial charge in [0.05, 0.1) is 18.6 Å². The zero-order valence-electron chi connectivity index (χ0n) is 12.6. The molecule has 3 N–H and O–H groups in total. The summed E-state index contributed by atoms with van der Waals surface area (Å²) in [6.45, 7) is 0. The van der Waals surface area contributed by atoms with Crippen molar-refractivity contribution in [2.45, 2.75) is 38.1 Å². The van der Waals surface area contributed by atoms with E-state index in [2.05, 4.69) is 5.32 Å². The first-order valence-corrected chi connectivity index (χ1v) is 7.46. The van der Waals surface area contributed by atoms with Crippen LogP contribution in [0.25, 0.3) is 0 Å². The van der Waals surface area contributed by atoms with Crippen molar-refractivity contribution in [1.82, 2.24) is 5.32 Å². The van der Waals surface area contributed by atoms with Gasteiger partial charge in [-0.25, -0.2) is 4.39 Å². The van der Waals surface area contributed by atoms with Crippen LogP contribution in [-0.2, 0) is 4.79 Å². The van der Waals surface area contributed by atoms with E-state index >= 15 is 0 Å². The van der Waals surface area contributed by atoms with E-state index in [1.807, 2.05) is 0 Å². The second kappa shape index (κ2) is 7.24. The second-order valence-corrected chi connectivity index (χ2v) is 5.57. The third-order valence-corrected chi connectivity index (χ3v) is 4.12. The molecule has 1 aromatic carbocycles. The lowest BCUT2D eigenvalue weighted by Crippen LogP contribution is -2.45. The number of hydrogen-bond acceptors (Lipinski definition) is 3. The topological polar surface area (TPSA) is 81.4 Å². The zero-order valence-corrected chi connectivity index (χ0v) is 12.6. The molecule has 2 rings (SSSR count). The maximum atomic E-state index is 13.9. The zero-order chi connectivity index (χ0) is 16.1. The highest BCUT2D eigenvalue weighted by atomic mass is 19.1. The van der Waals surface area contributed by atoms with Crippen molar-refractivity contribution < 1.29 is 18.7 Å². The van der Waals surface area contributed by atoms with Gasteiger partial charge in [-0.3, -0.25) is 9.59 Å². The maximum absolute atomic E-state index is 13.9. The molecule has 1 aliphatic rings. The number of carbonyl (C=O) groups is 2. The van der Waals surface area contributed by atoms with Crippen LogP contribution >= 0.6 is 0 Å². The van der Waals surface area contributed by atoms with Gasteiger partial charge in [-0.1, -0.05) is 19.3 Å². The van der Waals surface area contributed by atoms with Gasteiger partial charge < -0.3 is 15.8 Å². The largest absolute Gasteiger partial charge is 0.497 e. The van der Waals surface area contributed by atoms with E-state index in [-0.39, 0.29) is 11.6 Å². The summed E-state index contributed by atoms with van der Waals surface area (Å²) in [5.74, 6) is -1.65. The fourth-order valence-corrected chi connectivity index (χ4v) is 2.87. The summed E-state index contributed by atoms with van der Waals surface area (Å²) in [6, 6.07) is 3.72. The highest BCUT2D eigenvalue weighted by molar-refractivity contribution is 5.95. The van der Waals surface area contributed by atoms with Crippen molar-refractivity contribution in [3.63, 3.8) is 0 Å². The molecule has 0 saturated heterocycles. The van der Waals surface area contributed by atoms with E-state index in [1.165, 1.54) is 19.2 Å². The lowest BCUT2D eigenvalue weighted by Gasteiger charge is -2.23. The van der Waals surface area contributed by atoms with Crippen molar-refractivity contribution in [1.29, 1.82) is 0 Å². The quantitative estimate of drug-likeness (QED) is 0.835. The van der Waals surface area contributed by atoms with E-state index < -0.39 is 23.5 Å². The minimum absolute atomic E-state index is 0.0618. The first kappa shape index (κ1) is 16.3. The van der Waals surface area contributed by atoms with Crippen molar-refractivity contribution >= 4 is 11.8 Å². The summed E-state index contributed by atoms with van der Waals surface area (Å²) < 4.78 is 18.9. The Morgan fingerprint density at radius 1 is 1.27 bits per heavy atom. The Kier molecular flexibility index (Phi) is 5.35. The molecule has 0 aromatic heterocycles. The van der Waals surface area contributed by atoms with Crippen molar-refractivity contribution in [3.8, 4) is 5.75 Å². The van der Waals surface area contributed by atoms with Crippen molar-refractivity contribution in [2.75, 3.05) is 7.11 Å². The molecule has 0 spiro atoms. The monoisotopic (exact) mass is 308 g/mol. The highest BCUT2D eigenvalue weighted by Gasteiger charge is 2.30. The third-order valence-electron chi connectivity index (χ3n) is 4.12. The Bertz CT molecular complexity index is 562. The molecular weight excluding hydrogens is 287 g/mol. The molecule has 6 heteroatoms. The fraction of sp³-hybridized carbons (Fsp3) is 0.500. The van der Waals surface area contributed by atoms with Gasteiger partial charge in [-0.2, -0.15) is 0 Å². The minimum atomic E-state index is -0.652. The SMILES string of the molecule is COc1ccc(C(=O)NC2CCCCCC2C(N)=O)c(F)c1. The van der Waals surface area contributed by atoms with Crippen LogP contribution in [0.4, 0.5) is 4.39 Å². The summed E-state index contributed by atoms with van der Waals surface area (Å²) in [5, 5.41) is 2.76. The molecule has 1 aliphatic carbocycles. The van der Waals surface area contributed by atoms with Crippen LogP contribution < -0.4 is 15.8 Å². The third kappa shape index (κ3) is 3.75. The Morgan fingerprint density at radius 2 is 2.00 bits per heavy atom. The predicted molar refractivity (Wildman–Crippen MR) is 80.0 cm³/mol. The van der Waals surface area contributed by atoms with Crippen LogP contribution in [0.1, 0.15) is 42.5 Å². The van der Waals surface area contributed by atoms with Gasteiger partial charge in [0.25, 0.3) is 5.91 Å². The molecule has 22 heavy (non-hydrogen) atoms. The minimum Gasteiger partial charge on any atom is -0.497 e. The number of rotatable bonds is 4. The van der Waals surface area contributed by atoms with Gasteiger partial charge in [0.2, 0.25) is 5.91 Å². The Hall–Kier alpha value is -2.11. The summed E-state index contributed by atoms with van der Waals surface area (Å²) in [6.07, 6.45) is 4.17. The first-order chi connectivity index (χ1) is 10.5. The Balaban J connectivity index is 2.13. The fourth-order valence-electron chi connectivity index (χ4n) is 2.87. The van der Waals surface area contributed by atoms with Crippen molar-refractivity contribution in [2.24, 2.45) is 11.7 Å². The number of amides is 2. The van der Waals surface area contributed by atoms with Gasteiger partial charge in [0, 0.05) is 12.1 Å². The van der Waals surface area contributed by atoms with Crippen LogP contribution in [0.15, 0.2) is 18.2 Å². The summed E-state index contributed by atoms with van der Waals surface area (Å²) >= 11 is 0. The van der Waals surface area contributed by atoms with Gasteiger partial charge in [0.1, 0.15) is 11.6 Å². The Morgan fingerprint density at radius 3 is 2.64 bits per heavy atom. The smallest absolute Gasteiger partial charge is 0.254 e. The number of nitrogens with one attached hydrogen (secondary N) is 1. The van der Waals surface area contributed by atoms with Crippen LogP contribution in [0.5, 0.6) is 5.75 Å². The van der Waals surface area contributed by atoms with Crippen LogP contribution in [-0.4, -0.2) is 25.0 Å². The van der Waals surface area contributed by atoms with E-state index in [0.717, 1.165) is 25.3 Å². The number of hydrogen-bond donors (Lipinski definition) is 2. The summed E-state index contributed by atoms with van der Waals surface area (Å²) in [7, 11) is 1.43. The normalized spacial score (nSPS) is 21.7. The molecule has 5 nitrogen and oxygen atoms in total. The lowest BCUT2D eigenvalue weighted by atomic mass is 9.93. The average Bonchev–Trinajstić information content (AvgIpc) is 2.72. The summed E-state index contributed by atoms with van der Waals surface area (Å²) in [4.78, 5) is 23.8. The van der Waals surface area contributed by atoms with Gasteiger partial charge in [-0.15, -0.1) is 0 Å². The molecule has 120 valence electrons. The number of ether oxygens (including phenoxy) is 1. The number of primary amides is 1. The van der Waals surface area contributed by atoms with Crippen LogP contribution in [0.2, 0.25) is 0 Å². The van der Waals surface area contributed by atoms with Crippen LogP contribution in [0.3, 0.4) is 0 Å².